The van der Waals surface area contributed by atoms with Crippen molar-refractivity contribution < 1.29 is 28.2 Å². The lowest BCUT2D eigenvalue weighted by Crippen LogP contribution is -2.49. The van der Waals surface area contributed by atoms with Gasteiger partial charge in [0.1, 0.15) is 38.4 Å². The highest BCUT2D eigenvalue weighted by Gasteiger charge is 2.55. The Labute approximate surface area is 146 Å². The Hall–Kier alpha value is 0.515. The SMILES string of the molecule is B[C@@H]1O[C@@H]2COP(O[C@@H]3CSSC[C@H]3OCC#C)OC2[C@@]1(C)O. The molecule has 3 aliphatic rings. The number of hydrogen-bond donors (Lipinski definition) is 1. The number of fused-ring (bicyclic) bond motifs is 1. The molecule has 0 bridgehead atoms. The lowest BCUT2D eigenvalue weighted by atomic mass is 9.82. The summed E-state index contributed by atoms with van der Waals surface area (Å²) in [5.74, 6) is 4.07. The molecule has 0 amide bonds. The summed E-state index contributed by atoms with van der Waals surface area (Å²) in [4.78, 5) is 0. The zero-order valence-corrected chi connectivity index (χ0v) is 15.6. The smallest absolute Gasteiger partial charge is 0.333 e. The van der Waals surface area contributed by atoms with E-state index in [2.05, 4.69) is 5.92 Å². The van der Waals surface area contributed by atoms with Crippen LogP contribution in [0, 0.1) is 12.3 Å². The van der Waals surface area contributed by atoms with Crippen LogP contribution in [0.5, 0.6) is 0 Å². The fraction of sp³-hybridized carbons (Fsp3) is 0.846. The van der Waals surface area contributed by atoms with E-state index in [9.17, 15) is 5.11 Å². The van der Waals surface area contributed by atoms with E-state index in [1.165, 1.54) is 0 Å². The Morgan fingerprint density at radius 2 is 2.17 bits per heavy atom. The Balaban J connectivity index is 1.59. The van der Waals surface area contributed by atoms with Crippen molar-refractivity contribution in [2.45, 2.75) is 42.9 Å². The van der Waals surface area contributed by atoms with Crippen molar-refractivity contribution in [2.24, 2.45) is 0 Å². The molecule has 6 nitrogen and oxygen atoms in total. The van der Waals surface area contributed by atoms with Crippen LogP contribution < -0.4 is 0 Å². The molecule has 3 rings (SSSR count). The molecule has 3 saturated heterocycles. The summed E-state index contributed by atoms with van der Waals surface area (Å²) in [5, 5.41) is 10.5. The Kier molecular flexibility index (Phi) is 6.22. The third-order valence-corrected chi connectivity index (χ3v) is 7.84. The van der Waals surface area contributed by atoms with Crippen LogP contribution in [0.25, 0.3) is 0 Å². The minimum atomic E-state index is -1.54. The van der Waals surface area contributed by atoms with Crippen LogP contribution in [-0.2, 0) is 23.0 Å². The molecule has 23 heavy (non-hydrogen) atoms. The minimum absolute atomic E-state index is 0.0796. The van der Waals surface area contributed by atoms with Crippen molar-refractivity contribution in [3.8, 4) is 12.3 Å². The number of aliphatic hydroxyl groups is 1. The zero-order valence-electron chi connectivity index (χ0n) is 13.0. The predicted octanol–water partition coefficient (Wildman–Crippen LogP) is 0.536. The molecule has 7 atom stereocenters. The quantitative estimate of drug-likeness (QED) is 0.329. The molecule has 2 unspecified atom stereocenters. The highest BCUT2D eigenvalue weighted by molar-refractivity contribution is 8.76. The Morgan fingerprint density at radius 1 is 1.43 bits per heavy atom. The van der Waals surface area contributed by atoms with Gasteiger partial charge in [-0.2, -0.15) is 0 Å². The molecule has 128 valence electrons. The summed E-state index contributed by atoms with van der Waals surface area (Å²) < 4.78 is 28.9. The Morgan fingerprint density at radius 3 is 2.91 bits per heavy atom. The fourth-order valence-corrected chi connectivity index (χ4v) is 6.60. The van der Waals surface area contributed by atoms with E-state index in [0.29, 0.717) is 6.61 Å². The standard InChI is InChI=1S/C13H20BO6PS2/c1-3-4-16-9-6-22-23-7-10(9)19-21-17-5-8-11(20-21)13(2,15)12(14)18-8/h1,8-12,15H,4-7,14H2,2H3/t8-,9-,10-,11?,12-,13-,21?/m1/s1. The molecule has 0 aromatic rings. The maximum absolute atomic E-state index is 10.5. The summed E-state index contributed by atoms with van der Waals surface area (Å²) in [6.45, 7) is 2.36. The van der Waals surface area contributed by atoms with Crippen molar-refractivity contribution in [1.82, 2.24) is 0 Å². The highest BCUT2D eigenvalue weighted by Crippen LogP contribution is 2.52. The normalized spacial score (nSPS) is 47.0. The van der Waals surface area contributed by atoms with Crippen molar-refractivity contribution in [2.75, 3.05) is 24.7 Å². The van der Waals surface area contributed by atoms with Gasteiger partial charge in [-0.1, -0.05) is 27.5 Å². The molecular formula is C13H20BO6PS2. The van der Waals surface area contributed by atoms with Gasteiger partial charge in [0.05, 0.1) is 18.7 Å². The first kappa shape index (κ1) is 18.3. The Bertz CT molecular complexity index is 464. The van der Waals surface area contributed by atoms with Crippen LogP contribution in [0.3, 0.4) is 0 Å². The average Bonchev–Trinajstić information content (AvgIpc) is 2.77. The van der Waals surface area contributed by atoms with Gasteiger partial charge in [-0.3, -0.25) is 0 Å². The molecule has 3 fully saturated rings. The predicted molar refractivity (Wildman–Crippen MR) is 93.9 cm³/mol. The molecule has 0 radical (unpaired) electrons. The first-order chi connectivity index (χ1) is 11.0. The topological polar surface area (TPSA) is 66.4 Å². The summed E-state index contributed by atoms with van der Waals surface area (Å²) in [7, 11) is 3.77. The lowest BCUT2D eigenvalue weighted by Gasteiger charge is -2.37. The fourth-order valence-electron chi connectivity index (χ4n) is 2.66. The summed E-state index contributed by atoms with van der Waals surface area (Å²) in [6.07, 6.45) is 4.35. The van der Waals surface area contributed by atoms with Crippen LogP contribution in [-0.4, -0.2) is 73.7 Å². The third kappa shape index (κ3) is 4.03. The summed E-state index contributed by atoms with van der Waals surface area (Å²) >= 11 is 0. The van der Waals surface area contributed by atoms with E-state index in [1.54, 1.807) is 28.5 Å². The molecule has 10 heteroatoms. The lowest BCUT2D eigenvalue weighted by molar-refractivity contribution is -0.0752. The summed E-state index contributed by atoms with van der Waals surface area (Å²) in [5.41, 5.74) is -1.05. The van der Waals surface area contributed by atoms with Gasteiger partial charge >= 0.3 is 8.60 Å². The molecular weight excluding hydrogens is 358 g/mol. The average molecular weight is 378 g/mol. The first-order valence-corrected chi connectivity index (χ1v) is 11.0. The van der Waals surface area contributed by atoms with E-state index in [4.69, 9.17) is 29.5 Å². The van der Waals surface area contributed by atoms with Gasteiger partial charge in [0.15, 0.2) is 0 Å². The van der Waals surface area contributed by atoms with Crippen LogP contribution in [0.4, 0.5) is 0 Å². The molecule has 3 aliphatic heterocycles. The molecule has 3 heterocycles. The van der Waals surface area contributed by atoms with Crippen LogP contribution >= 0.6 is 30.2 Å². The molecule has 0 saturated carbocycles. The second kappa shape index (κ2) is 7.82. The van der Waals surface area contributed by atoms with Crippen molar-refractivity contribution in [3.63, 3.8) is 0 Å². The van der Waals surface area contributed by atoms with Crippen LogP contribution in [0.2, 0.25) is 0 Å². The minimum Gasteiger partial charge on any atom is -0.385 e. The van der Waals surface area contributed by atoms with Crippen LogP contribution in [0.15, 0.2) is 0 Å². The second-order valence-corrected chi connectivity index (χ2v) is 9.53. The van der Waals surface area contributed by atoms with Crippen molar-refractivity contribution in [3.05, 3.63) is 0 Å². The number of rotatable bonds is 4. The first-order valence-electron chi connectivity index (χ1n) is 7.46. The maximum atomic E-state index is 10.5. The van der Waals surface area contributed by atoms with E-state index in [0.717, 1.165) is 11.5 Å². The van der Waals surface area contributed by atoms with Crippen LogP contribution in [0.1, 0.15) is 6.92 Å². The highest BCUT2D eigenvalue weighted by atomic mass is 33.1. The largest absolute Gasteiger partial charge is 0.385 e. The van der Waals surface area contributed by atoms with Crippen molar-refractivity contribution >= 4 is 38.0 Å². The van der Waals surface area contributed by atoms with Gasteiger partial charge in [-0.15, -0.1) is 6.42 Å². The number of hydrogen-bond acceptors (Lipinski definition) is 8. The molecule has 0 aliphatic carbocycles. The monoisotopic (exact) mass is 378 g/mol. The van der Waals surface area contributed by atoms with Gasteiger partial charge < -0.3 is 28.2 Å². The number of terminal acetylenes is 1. The maximum Gasteiger partial charge on any atom is 0.333 e. The van der Waals surface area contributed by atoms with E-state index >= 15 is 0 Å². The second-order valence-electron chi connectivity index (χ2n) is 5.85. The van der Waals surface area contributed by atoms with Gasteiger partial charge in [0.25, 0.3) is 0 Å². The van der Waals surface area contributed by atoms with Crippen molar-refractivity contribution in [1.29, 1.82) is 0 Å². The number of ether oxygens (including phenoxy) is 2. The van der Waals surface area contributed by atoms with Gasteiger partial charge in [-0.05, 0) is 6.92 Å². The third-order valence-electron chi connectivity index (χ3n) is 4.22. The van der Waals surface area contributed by atoms with Gasteiger partial charge in [-0.25, -0.2) is 0 Å². The zero-order chi connectivity index (χ0) is 16.4. The van der Waals surface area contributed by atoms with Gasteiger partial charge in [0, 0.05) is 11.5 Å². The van der Waals surface area contributed by atoms with Gasteiger partial charge in [0.2, 0.25) is 0 Å². The molecule has 0 aromatic carbocycles. The van der Waals surface area contributed by atoms with E-state index in [1.807, 2.05) is 7.85 Å². The molecule has 1 N–H and O–H groups in total. The van der Waals surface area contributed by atoms with E-state index < -0.39 is 20.3 Å². The van der Waals surface area contributed by atoms with E-state index in [-0.39, 0.29) is 30.9 Å². The molecule has 0 spiro atoms. The summed E-state index contributed by atoms with van der Waals surface area (Å²) in [6, 6.07) is -0.301. The molecule has 0 aromatic heterocycles.